The summed E-state index contributed by atoms with van der Waals surface area (Å²) in [5.74, 6) is 0.732. The lowest BCUT2D eigenvalue weighted by Gasteiger charge is -2.21. The van der Waals surface area contributed by atoms with Crippen LogP contribution in [0.1, 0.15) is 56.0 Å². The average Bonchev–Trinajstić information content (AvgIpc) is 3.02. The van der Waals surface area contributed by atoms with Gasteiger partial charge in [0.05, 0.1) is 30.8 Å². The standard InChI is InChI=1S/C28H28N2O4.C5H9N.C2H6/c1-17-6-7-19-10-21(17)16-34-23-5-3-4-18(11-23)24-13-27(33)30(14-22(32)15-31)26-9-8-20(12-25(24)26)28(19)29-2;1-3-5-6-4-2;1-2/h3-13,22,28-29,31-32H,14-16H2,1-2H3;3-5H,1-2H3;1-2H3/b;5-3-,6-4?;. The van der Waals surface area contributed by atoms with Crippen LogP contribution < -0.4 is 15.6 Å². The Morgan fingerprint density at radius 3 is 2.48 bits per heavy atom. The van der Waals surface area contributed by atoms with E-state index in [2.05, 4.69) is 41.5 Å². The molecule has 2 unspecified atom stereocenters. The highest BCUT2D eigenvalue weighted by atomic mass is 16.5. The van der Waals surface area contributed by atoms with Crippen LogP contribution in [0.3, 0.4) is 0 Å². The normalized spacial score (nSPS) is 14.6. The second kappa shape index (κ2) is 15.8. The van der Waals surface area contributed by atoms with E-state index in [0.717, 1.165) is 39.0 Å². The zero-order valence-electron chi connectivity index (χ0n) is 25.5. The van der Waals surface area contributed by atoms with E-state index in [1.165, 1.54) is 10.1 Å². The van der Waals surface area contributed by atoms with Gasteiger partial charge in [0.2, 0.25) is 0 Å². The minimum absolute atomic E-state index is 0.0192. The number of aryl methyl sites for hydroxylation is 1. The predicted octanol–water partition coefficient (Wildman–Crippen LogP) is 6.17. The fourth-order valence-corrected chi connectivity index (χ4v) is 4.92. The Labute approximate surface area is 248 Å². The topological polar surface area (TPSA) is 96.1 Å². The number of benzene rings is 3. The highest BCUT2D eigenvalue weighted by Gasteiger charge is 2.19. The van der Waals surface area contributed by atoms with E-state index in [9.17, 15) is 15.0 Å². The lowest BCUT2D eigenvalue weighted by atomic mass is 9.93. The van der Waals surface area contributed by atoms with Crippen LogP contribution in [0.5, 0.6) is 5.75 Å². The number of aromatic nitrogens is 1. The Hall–Kier alpha value is -4.04. The van der Waals surface area contributed by atoms with Crippen LogP contribution in [0.15, 0.2) is 88.8 Å². The van der Waals surface area contributed by atoms with E-state index < -0.39 is 12.7 Å². The van der Waals surface area contributed by atoms with Crippen LogP contribution in [-0.4, -0.2) is 40.8 Å². The molecule has 2 heterocycles. The summed E-state index contributed by atoms with van der Waals surface area (Å²) in [6.07, 6.45) is 4.37. The summed E-state index contributed by atoms with van der Waals surface area (Å²) in [5.41, 5.74) is 6.65. The fraction of sp³-hybridized carbons (Fsp3) is 0.314. The number of aliphatic hydroxyl groups is 2. The molecule has 0 spiro atoms. The number of aliphatic imine (C=N–C) groups is 1. The number of aliphatic hydroxyl groups excluding tert-OH is 2. The molecule has 0 aliphatic carbocycles. The molecule has 6 bridgehead atoms. The molecule has 1 aliphatic heterocycles. The number of nitrogens with zero attached hydrogens (tertiary/aromatic N) is 2. The molecule has 7 heteroatoms. The average molecular weight is 570 g/mol. The van der Waals surface area contributed by atoms with Crippen molar-refractivity contribution in [1.82, 2.24) is 9.88 Å². The number of nitrogens with one attached hydrogen (secondary N) is 1. The Kier molecular flexibility index (Phi) is 12.2. The Balaban J connectivity index is 0.000000541. The molecular weight excluding hydrogens is 526 g/mol. The van der Waals surface area contributed by atoms with Gasteiger partial charge in [0, 0.05) is 23.9 Å². The third-order valence-electron chi connectivity index (χ3n) is 6.99. The smallest absolute Gasteiger partial charge is 0.251 e. The molecule has 0 fully saturated rings. The summed E-state index contributed by atoms with van der Waals surface area (Å²) in [6, 6.07) is 21.8. The maximum atomic E-state index is 13.1. The Morgan fingerprint density at radius 2 is 1.81 bits per heavy atom. The Morgan fingerprint density at radius 1 is 1.07 bits per heavy atom. The molecule has 4 aromatic rings. The monoisotopic (exact) mass is 569 g/mol. The number of hydrogen-bond donors (Lipinski definition) is 3. The van der Waals surface area contributed by atoms with Crippen LogP contribution in [0, 0.1) is 6.92 Å². The molecule has 0 saturated carbocycles. The molecule has 5 rings (SSSR count). The number of ether oxygens (including phenoxy) is 1. The number of fused-ring (bicyclic) bond motifs is 6. The number of rotatable bonds is 5. The third kappa shape index (κ3) is 7.62. The van der Waals surface area contributed by atoms with E-state index in [-0.39, 0.29) is 18.1 Å². The van der Waals surface area contributed by atoms with Crippen molar-refractivity contribution in [2.45, 2.75) is 59.9 Å². The number of hydrogen-bond acceptors (Lipinski definition) is 6. The van der Waals surface area contributed by atoms with Crippen molar-refractivity contribution < 1.29 is 14.9 Å². The van der Waals surface area contributed by atoms with Crippen molar-refractivity contribution in [3.8, 4) is 16.9 Å². The first-order valence-electron chi connectivity index (χ1n) is 14.5. The van der Waals surface area contributed by atoms with Gasteiger partial charge in [-0.1, -0.05) is 56.3 Å². The van der Waals surface area contributed by atoms with Gasteiger partial charge in [-0.2, -0.15) is 0 Å². The minimum atomic E-state index is -1.02. The van der Waals surface area contributed by atoms with E-state index in [1.54, 1.807) is 18.5 Å². The largest absolute Gasteiger partial charge is 0.489 e. The van der Waals surface area contributed by atoms with Crippen LogP contribution in [0.4, 0.5) is 0 Å². The van der Waals surface area contributed by atoms with Crippen LogP contribution in [-0.2, 0) is 13.2 Å². The molecule has 3 aromatic carbocycles. The molecule has 7 nitrogen and oxygen atoms in total. The van der Waals surface area contributed by atoms with Crippen LogP contribution in [0.2, 0.25) is 0 Å². The van der Waals surface area contributed by atoms with Crippen molar-refractivity contribution >= 4 is 17.1 Å². The van der Waals surface area contributed by atoms with E-state index >= 15 is 0 Å². The van der Waals surface area contributed by atoms with Gasteiger partial charge in [0.1, 0.15) is 12.4 Å². The van der Waals surface area contributed by atoms with E-state index in [0.29, 0.717) is 12.1 Å². The second-order valence-corrected chi connectivity index (χ2v) is 9.73. The van der Waals surface area contributed by atoms with E-state index in [1.807, 2.05) is 77.2 Å². The first-order chi connectivity index (χ1) is 20.4. The molecule has 3 N–H and O–H groups in total. The van der Waals surface area contributed by atoms with Gasteiger partial charge in [-0.15, -0.1) is 0 Å². The molecule has 0 saturated heterocycles. The van der Waals surface area contributed by atoms with Gasteiger partial charge in [-0.3, -0.25) is 9.79 Å². The summed E-state index contributed by atoms with van der Waals surface area (Å²) in [6.45, 7) is 9.97. The first-order valence-corrected chi connectivity index (χ1v) is 14.5. The lowest BCUT2D eigenvalue weighted by molar-refractivity contribution is 0.0814. The van der Waals surface area contributed by atoms with Gasteiger partial charge in [0.25, 0.3) is 5.56 Å². The highest BCUT2D eigenvalue weighted by Crippen LogP contribution is 2.34. The third-order valence-corrected chi connectivity index (χ3v) is 6.99. The van der Waals surface area contributed by atoms with Crippen molar-refractivity contribution in [2.75, 3.05) is 13.7 Å². The second-order valence-electron chi connectivity index (χ2n) is 9.73. The molecule has 2 atom stereocenters. The van der Waals surface area contributed by atoms with Crippen molar-refractivity contribution in [2.24, 2.45) is 4.99 Å². The summed E-state index contributed by atoms with van der Waals surface area (Å²) < 4.78 is 7.69. The molecule has 42 heavy (non-hydrogen) atoms. The summed E-state index contributed by atoms with van der Waals surface area (Å²) in [5, 5.41) is 23.8. The van der Waals surface area contributed by atoms with Gasteiger partial charge in [-0.25, -0.2) is 0 Å². The SMILES string of the molecule is CC.CC=N/C=C\C.CNC1c2ccc(C)c(c2)COc2cccc(c2)-c2cc(=O)n(CC(O)CO)c3ccc1cc23. The van der Waals surface area contributed by atoms with Crippen LogP contribution >= 0.6 is 0 Å². The van der Waals surface area contributed by atoms with Gasteiger partial charge in [0.15, 0.2) is 0 Å². The zero-order valence-corrected chi connectivity index (χ0v) is 25.5. The molecule has 0 amide bonds. The van der Waals surface area contributed by atoms with E-state index in [4.69, 9.17) is 4.74 Å². The van der Waals surface area contributed by atoms with Crippen LogP contribution in [0.25, 0.3) is 22.0 Å². The Bertz CT molecular complexity index is 1580. The van der Waals surface area contributed by atoms with Crippen molar-refractivity contribution in [3.05, 3.63) is 112 Å². The molecule has 222 valence electrons. The minimum Gasteiger partial charge on any atom is -0.489 e. The summed E-state index contributed by atoms with van der Waals surface area (Å²) >= 11 is 0. The molecule has 0 radical (unpaired) electrons. The van der Waals surface area contributed by atoms with Gasteiger partial charge < -0.3 is 24.8 Å². The van der Waals surface area contributed by atoms with Crippen molar-refractivity contribution in [3.63, 3.8) is 0 Å². The maximum Gasteiger partial charge on any atom is 0.251 e. The van der Waals surface area contributed by atoms with Gasteiger partial charge >= 0.3 is 0 Å². The number of allylic oxidation sites excluding steroid dienone is 1. The predicted molar refractivity (Wildman–Crippen MR) is 173 cm³/mol. The molecule has 1 aromatic heterocycles. The first kappa shape index (κ1) is 32.5. The van der Waals surface area contributed by atoms with Gasteiger partial charge in [-0.05, 0) is 85.5 Å². The molecular formula is C35H43N3O4. The highest BCUT2D eigenvalue weighted by molar-refractivity contribution is 5.95. The zero-order chi connectivity index (χ0) is 30.6. The summed E-state index contributed by atoms with van der Waals surface area (Å²) in [7, 11) is 1.94. The maximum absolute atomic E-state index is 13.1. The summed E-state index contributed by atoms with van der Waals surface area (Å²) in [4.78, 5) is 16.9. The lowest BCUT2D eigenvalue weighted by Crippen LogP contribution is -2.28. The number of pyridine rings is 1. The van der Waals surface area contributed by atoms with Crippen molar-refractivity contribution in [1.29, 1.82) is 0 Å². The fourth-order valence-electron chi connectivity index (χ4n) is 4.92. The quantitative estimate of drug-likeness (QED) is 0.250. The molecule has 1 aliphatic rings.